The number of hydrogen-bond donors (Lipinski definition) is 1. The molecule has 3 rings (SSSR count). The van der Waals surface area contributed by atoms with Crippen LogP contribution in [0.2, 0.25) is 0 Å². The molecule has 0 aliphatic carbocycles. The molecule has 2 atom stereocenters. The van der Waals surface area contributed by atoms with E-state index >= 15 is 0 Å². The van der Waals surface area contributed by atoms with Gasteiger partial charge in [0.2, 0.25) is 0 Å². The molecule has 0 saturated heterocycles. The van der Waals surface area contributed by atoms with Gasteiger partial charge >= 0.3 is 5.97 Å². The van der Waals surface area contributed by atoms with Crippen LogP contribution in [0.1, 0.15) is 75.7 Å². The number of ether oxygens (including phenoxy) is 3. The monoisotopic (exact) mass is 522 g/mol. The van der Waals surface area contributed by atoms with Gasteiger partial charge in [-0.3, -0.25) is 4.79 Å². The van der Waals surface area contributed by atoms with Crippen molar-refractivity contribution in [1.82, 2.24) is 0 Å². The molecule has 0 spiro atoms. The molecule has 38 heavy (non-hydrogen) atoms. The lowest BCUT2D eigenvalue weighted by atomic mass is 9.81. The minimum absolute atomic E-state index is 0.0565. The summed E-state index contributed by atoms with van der Waals surface area (Å²) in [4.78, 5) is 11.4. The standard InChI is InChI=1S/C32H39FO5/c1-7-9-22(18-30(34)35)23-10-8-11-25(17-23)38-20-21-12-14-26(27-19-24(36-5)13-15-29(27)33)28(16-21)31(37-6)32(2,3)4/h8,10-17,19,22,31H,7,9,18,20H2,1-6H3,(H,34,35)/t22-,31-/m0/s1. The Morgan fingerprint density at radius 3 is 2.37 bits per heavy atom. The Balaban J connectivity index is 1.95. The lowest BCUT2D eigenvalue weighted by Gasteiger charge is -2.32. The van der Waals surface area contributed by atoms with Gasteiger partial charge in [-0.1, -0.05) is 58.4 Å². The highest BCUT2D eigenvalue weighted by Gasteiger charge is 2.29. The third kappa shape index (κ3) is 7.35. The first kappa shape index (κ1) is 29.2. The van der Waals surface area contributed by atoms with Gasteiger partial charge in [-0.05, 0) is 76.4 Å². The first-order valence-electron chi connectivity index (χ1n) is 13.0. The molecule has 0 saturated carbocycles. The van der Waals surface area contributed by atoms with Gasteiger partial charge in [0.1, 0.15) is 23.9 Å². The number of carboxylic acid groups (broad SMARTS) is 1. The van der Waals surface area contributed by atoms with Gasteiger partial charge < -0.3 is 19.3 Å². The molecular formula is C32H39FO5. The Bertz CT molecular complexity index is 1230. The number of aliphatic carboxylic acids is 1. The number of carbonyl (C=O) groups is 1. The first-order valence-corrected chi connectivity index (χ1v) is 13.0. The maximum Gasteiger partial charge on any atom is 0.303 e. The molecule has 0 heterocycles. The highest BCUT2D eigenvalue weighted by atomic mass is 19.1. The van der Waals surface area contributed by atoms with Crippen LogP contribution in [-0.2, 0) is 16.1 Å². The van der Waals surface area contributed by atoms with E-state index < -0.39 is 5.97 Å². The lowest BCUT2D eigenvalue weighted by Crippen LogP contribution is -2.21. The van der Waals surface area contributed by atoms with Gasteiger partial charge in [-0.25, -0.2) is 4.39 Å². The van der Waals surface area contributed by atoms with Crippen molar-refractivity contribution in [2.45, 2.75) is 65.6 Å². The summed E-state index contributed by atoms with van der Waals surface area (Å²) in [5.41, 5.74) is 3.69. The van der Waals surface area contributed by atoms with Crippen molar-refractivity contribution in [1.29, 1.82) is 0 Å². The number of halogens is 1. The normalized spacial score (nSPS) is 13.1. The molecule has 0 aliphatic heterocycles. The predicted molar refractivity (Wildman–Crippen MR) is 148 cm³/mol. The molecule has 0 fully saturated rings. The second-order valence-corrected chi connectivity index (χ2v) is 10.7. The van der Waals surface area contributed by atoms with Crippen LogP contribution >= 0.6 is 0 Å². The fourth-order valence-corrected chi connectivity index (χ4v) is 4.92. The summed E-state index contributed by atoms with van der Waals surface area (Å²) in [6.07, 6.45) is 1.50. The highest BCUT2D eigenvalue weighted by molar-refractivity contribution is 5.71. The zero-order chi connectivity index (χ0) is 27.9. The molecular weight excluding hydrogens is 483 g/mol. The summed E-state index contributed by atoms with van der Waals surface area (Å²) in [6.45, 7) is 8.62. The van der Waals surface area contributed by atoms with Gasteiger partial charge in [0.25, 0.3) is 0 Å². The molecule has 0 amide bonds. The molecule has 5 nitrogen and oxygen atoms in total. The van der Waals surface area contributed by atoms with Crippen LogP contribution < -0.4 is 9.47 Å². The highest BCUT2D eigenvalue weighted by Crippen LogP contribution is 2.42. The maximum absolute atomic E-state index is 15.0. The molecule has 0 radical (unpaired) electrons. The van der Waals surface area contributed by atoms with Crippen LogP contribution in [0.15, 0.2) is 60.7 Å². The second kappa shape index (κ2) is 12.9. The number of hydrogen-bond acceptors (Lipinski definition) is 4. The third-order valence-electron chi connectivity index (χ3n) is 6.68. The molecule has 0 aromatic heterocycles. The molecule has 0 unspecified atom stereocenters. The molecule has 3 aromatic rings. The largest absolute Gasteiger partial charge is 0.497 e. The van der Waals surface area contributed by atoms with Gasteiger partial charge in [-0.2, -0.15) is 0 Å². The van der Waals surface area contributed by atoms with E-state index in [1.54, 1.807) is 26.4 Å². The first-order chi connectivity index (χ1) is 18.1. The predicted octanol–water partition coefficient (Wildman–Crippen LogP) is 8.17. The number of rotatable bonds is 12. The van der Waals surface area contributed by atoms with Crippen molar-refractivity contribution >= 4 is 5.97 Å². The van der Waals surface area contributed by atoms with Crippen LogP contribution in [0.3, 0.4) is 0 Å². The zero-order valence-electron chi connectivity index (χ0n) is 23.2. The van der Waals surface area contributed by atoms with Crippen molar-refractivity contribution in [3.05, 3.63) is 83.2 Å². The van der Waals surface area contributed by atoms with Crippen molar-refractivity contribution < 1.29 is 28.5 Å². The van der Waals surface area contributed by atoms with E-state index in [0.29, 0.717) is 23.7 Å². The topological polar surface area (TPSA) is 65.0 Å². The van der Waals surface area contributed by atoms with Crippen LogP contribution in [-0.4, -0.2) is 25.3 Å². The van der Waals surface area contributed by atoms with E-state index in [0.717, 1.165) is 35.1 Å². The van der Waals surface area contributed by atoms with Crippen molar-refractivity contribution in [2.75, 3.05) is 14.2 Å². The quantitative estimate of drug-likeness (QED) is 0.260. The van der Waals surface area contributed by atoms with E-state index in [1.807, 2.05) is 42.5 Å². The summed E-state index contributed by atoms with van der Waals surface area (Å²) >= 11 is 0. The van der Waals surface area contributed by atoms with Crippen molar-refractivity contribution in [2.24, 2.45) is 5.41 Å². The fourth-order valence-electron chi connectivity index (χ4n) is 4.92. The lowest BCUT2D eigenvalue weighted by molar-refractivity contribution is -0.137. The Labute approximate surface area is 225 Å². The van der Waals surface area contributed by atoms with Crippen molar-refractivity contribution in [3.8, 4) is 22.6 Å². The Morgan fingerprint density at radius 1 is 0.974 bits per heavy atom. The third-order valence-corrected chi connectivity index (χ3v) is 6.68. The van der Waals surface area contributed by atoms with E-state index in [9.17, 15) is 14.3 Å². The fraction of sp³-hybridized carbons (Fsp3) is 0.406. The zero-order valence-corrected chi connectivity index (χ0v) is 23.2. The molecule has 0 bridgehead atoms. The summed E-state index contributed by atoms with van der Waals surface area (Å²) in [5, 5.41) is 9.32. The second-order valence-electron chi connectivity index (χ2n) is 10.7. The molecule has 6 heteroatoms. The summed E-state index contributed by atoms with van der Waals surface area (Å²) < 4.78 is 32.4. The summed E-state index contributed by atoms with van der Waals surface area (Å²) in [5.74, 6) is 0.0613. The smallest absolute Gasteiger partial charge is 0.303 e. The number of methoxy groups -OCH3 is 2. The van der Waals surface area contributed by atoms with Crippen LogP contribution in [0, 0.1) is 11.2 Å². The van der Waals surface area contributed by atoms with Crippen molar-refractivity contribution in [3.63, 3.8) is 0 Å². The molecule has 204 valence electrons. The van der Waals surface area contributed by atoms with Gasteiger partial charge in [0, 0.05) is 12.7 Å². The maximum atomic E-state index is 15.0. The van der Waals surface area contributed by atoms with E-state index in [2.05, 4.69) is 27.7 Å². The molecule has 0 aliphatic rings. The molecule has 1 N–H and O–H groups in total. The van der Waals surface area contributed by atoms with E-state index in [1.165, 1.54) is 6.07 Å². The molecule has 3 aromatic carbocycles. The minimum Gasteiger partial charge on any atom is -0.497 e. The Morgan fingerprint density at radius 2 is 1.74 bits per heavy atom. The Kier molecular flexibility index (Phi) is 9.92. The number of benzene rings is 3. The SMILES string of the molecule is CCC[C@@H](CC(=O)O)c1cccc(OCc2ccc(-c3cc(OC)ccc3F)c([C@H](OC)C(C)(C)C)c2)c1. The summed E-state index contributed by atoms with van der Waals surface area (Å²) in [6, 6.07) is 18.2. The van der Waals surface area contributed by atoms with Crippen LogP contribution in [0.4, 0.5) is 4.39 Å². The average molecular weight is 523 g/mol. The van der Waals surface area contributed by atoms with Crippen LogP contribution in [0.25, 0.3) is 11.1 Å². The average Bonchev–Trinajstić information content (AvgIpc) is 2.87. The Hall–Kier alpha value is -3.38. The minimum atomic E-state index is -0.804. The van der Waals surface area contributed by atoms with Gasteiger partial charge in [0.15, 0.2) is 0 Å². The summed E-state index contributed by atoms with van der Waals surface area (Å²) in [7, 11) is 3.23. The van der Waals surface area contributed by atoms with Crippen LogP contribution in [0.5, 0.6) is 11.5 Å². The number of carboxylic acids is 1. The van der Waals surface area contributed by atoms with E-state index in [4.69, 9.17) is 14.2 Å². The van der Waals surface area contributed by atoms with E-state index in [-0.39, 0.29) is 29.7 Å². The van der Waals surface area contributed by atoms with Gasteiger partial charge in [0.05, 0.1) is 19.6 Å². The van der Waals surface area contributed by atoms with Gasteiger partial charge in [-0.15, -0.1) is 0 Å².